The van der Waals surface area contributed by atoms with E-state index < -0.39 is 22.8 Å². The fourth-order valence-electron chi connectivity index (χ4n) is 1.83. The fraction of sp³-hybridized carbons (Fsp3) is 0.545. The van der Waals surface area contributed by atoms with Gasteiger partial charge in [0.2, 0.25) is 5.91 Å². The number of carbonyl (C=O) groups excluding carboxylic acids is 1. The molecule has 9 nitrogen and oxygen atoms in total. The first kappa shape index (κ1) is 14.0. The van der Waals surface area contributed by atoms with E-state index in [4.69, 9.17) is 5.11 Å². The van der Waals surface area contributed by atoms with Gasteiger partial charge in [-0.1, -0.05) is 12.8 Å². The highest BCUT2D eigenvalue weighted by atomic mass is 16.6. The van der Waals surface area contributed by atoms with Gasteiger partial charge in [-0.3, -0.25) is 4.79 Å². The lowest BCUT2D eigenvalue weighted by atomic mass is 10.1. The molecule has 0 radical (unpaired) electrons. The number of amides is 1. The van der Waals surface area contributed by atoms with Gasteiger partial charge in [0.15, 0.2) is 0 Å². The van der Waals surface area contributed by atoms with Crippen LogP contribution >= 0.6 is 0 Å². The molecule has 9 heteroatoms. The monoisotopic (exact) mass is 282 g/mol. The van der Waals surface area contributed by atoms with Crippen LogP contribution in [0.5, 0.6) is 0 Å². The molecule has 1 aromatic heterocycles. The summed E-state index contributed by atoms with van der Waals surface area (Å²) in [6.07, 6.45) is 3.70. The summed E-state index contributed by atoms with van der Waals surface area (Å²) < 4.78 is 1.10. The Morgan fingerprint density at radius 1 is 1.60 bits per heavy atom. The van der Waals surface area contributed by atoms with Crippen molar-refractivity contribution < 1.29 is 19.6 Å². The molecule has 108 valence electrons. The second-order valence-electron chi connectivity index (χ2n) is 4.77. The van der Waals surface area contributed by atoms with Gasteiger partial charge in [-0.25, -0.2) is 4.79 Å². The van der Waals surface area contributed by atoms with Crippen molar-refractivity contribution in [3.8, 4) is 0 Å². The summed E-state index contributed by atoms with van der Waals surface area (Å²) in [6.45, 7) is -0.248. The third kappa shape index (κ3) is 3.77. The third-order valence-electron chi connectivity index (χ3n) is 3.02. The van der Waals surface area contributed by atoms with Gasteiger partial charge in [0, 0.05) is 0 Å². The van der Waals surface area contributed by atoms with E-state index in [-0.39, 0.29) is 12.4 Å². The SMILES string of the molecule is O=C(Cn1ccc([N+](=O)[O-])n1)NC(CC1CC1)C(=O)O. The Balaban J connectivity index is 1.89. The van der Waals surface area contributed by atoms with E-state index >= 15 is 0 Å². The number of rotatable bonds is 7. The van der Waals surface area contributed by atoms with Crippen LogP contribution in [-0.2, 0) is 16.1 Å². The van der Waals surface area contributed by atoms with E-state index in [0.717, 1.165) is 17.5 Å². The van der Waals surface area contributed by atoms with Gasteiger partial charge >= 0.3 is 11.8 Å². The van der Waals surface area contributed by atoms with Crippen molar-refractivity contribution in [1.82, 2.24) is 15.1 Å². The zero-order valence-electron chi connectivity index (χ0n) is 10.6. The molecule has 0 aliphatic heterocycles. The third-order valence-corrected chi connectivity index (χ3v) is 3.02. The number of aromatic nitrogens is 2. The normalized spacial score (nSPS) is 15.6. The van der Waals surface area contributed by atoms with E-state index in [9.17, 15) is 19.7 Å². The van der Waals surface area contributed by atoms with Gasteiger partial charge in [0.25, 0.3) is 0 Å². The molecule has 1 aromatic rings. The van der Waals surface area contributed by atoms with Crippen LogP contribution in [0.2, 0.25) is 0 Å². The topological polar surface area (TPSA) is 127 Å². The molecule has 0 saturated heterocycles. The Bertz CT molecular complexity index is 537. The first-order valence-electron chi connectivity index (χ1n) is 6.15. The Morgan fingerprint density at radius 2 is 2.30 bits per heavy atom. The molecule has 1 atom stereocenters. The molecule has 1 saturated carbocycles. The maximum absolute atomic E-state index is 11.7. The van der Waals surface area contributed by atoms with Crippen molar-refractivity contribution in [3.05, 3.63) is 22.4 Å². The molecule has 0 bridgehead atoms. The number of hydrogen-bond donors (Lipinski definition) is 2. The van der Waals surface area contributed by atoms with Crippen LogP contribution in [-0.4, -0.2) is 37.7 Å². The second-order valence-corrected chi connectivity index (χ2v) is 4.77. The largest absolute Gasteiger partial charge is 0.480 e. The van der Waals surface area contributed by atoms with E-state index in [0.29, 0.717) is 12.3 Å². The highest BCUT2D eigenvalue weighted by molar-refractivity contribution is 5.83. The number of nitro groups is 1. The lowest BCUT2D eigenvalue weighted by Gasteiger charge is -2.13. The highest BCUT2D eigenvalue weighted by Gasteiger charge is 2.30. The van der Waals surface area contributed by atoms with Crippen molar-refractivity contribution in [2.24, 2.45) is 5.92 Å². The van der Waals surface area contributed by atoms with Crippen LogP contribution in [0.25, 0.3) is 0 Å². The quantitative estimate of drug-likeness (QED) is 0.541. The molecule has 1 amide bonds. The number of nitrogens with zero attached hydrogens (tertiary/aromatic N) is 3. The van der Waals surface area contributed by atoms with E-state index in [2.05, 4.69) is 10.4 Å². The fourth-order valence-corrected chi connectivity index (χ4v) is 1.83. The number of carboxylic acid groups (broad SMARTS) is 1. The van der Waals surface area contributed by atoms with Crippen molar-refractivity contribution >= 4 is 17.7 Å². The Labute approximate surface area is 113 Å². The Kier molecular flexibility index (Phi) is 3.97. The standard InChI is InChI=1S/C11H14N4O5/c16-10(6-14-4-3-9(13-14)15(19)20)12-8(11(17)18)5-7-1-2-7/h3-4,7-8H,1-2,5-6H2,(H,12,16)(H,17,18). The molecule has 2 N–H and O–H groups in total. The van der Waals surface area contributed by atoms with Crippen LogP contribution in [0.3, 0.4) is 0 Å². The van der Waals surface area contributed by atoms with Crippen molar-refractivity contribution in [1.29, 1.82) is 0 Å². The lowest BCUT2D eigenvalue weighted by molar-refractivity contribution is -0.389. The van der Waals surface area contributed by atoms with Gasteiger partial charge in [-0.15, -0.1) is 0 Å². The Morgan fingerprint density at radius 3 is 2.80 bits per heavy atom. The summed E-state index contributed by atoms with van der Waals surface area (Å²) >= 11 is 0. The first-order chi connectivity index (χ1) is 9.45. The number of aliphatic carboxylic acids is 1. The van der Waals surface area contributed by atoms with E-state index in [1.165, 1.54) is 12.3 Å². The summed E-state index contributed by atoms with van der Waals surface area (Å²) in [6, 6.07) is 0.257. The van der Waals surface area contributed by atoms with Crippen LogP contribution in [0.1, 0.15) is 19.3 Å². The highest BCUT2D eigenvalue weighted by Crippen LogP contribution is 2.33. The zero-order chi connectivity index (χ0) is 14.7. The predicted octanol–water partition coefficient (Wildman–Crippen LogP) is 0.161. The first-order valence-corrected chi connectivity index (χ1v) is 6.15. The van der Waals surface area contributed by atoms with Crippen molar-refractivity contribution in [2.75, 3.05) is 0 Å². The molecule has 1 unspecified atom stereocenters. The summed E-state index contributed by atoms with van der Waals surface area (Å²) in [5, 5.41) is 25.5. The molecule has 20 heavy (non-hydrogen) atoms. The minimum atomic E-state index is -1.07. The number of hydrogen-bond acceptors (Lipinski definition) is 5. The van der Waals surface area contributed by atoms with E-state index in [1.54, 1.807) is 0 Å². The summed E-state index contributed by atoms with van der Waals surface area (Å²) in [5.41, 5.74) is 0. The van der Waals surface area contributed by atoms with Crippen LogP contribution in [0, 0.1) is 16.0 Å². The molecule has 0 spiro atoms. The molecule has 1 heterocycles. The summed E-state index contributed by atoms with van der Waals surface area (Å²) in [5.74, 6) is -1.60. The predicted molar refractivity (Wildman–Crippen MR) is 65.8 cm³/mol. The minimum absolute atomic E-state index is 0.248. The molecular weight excluding hydrogens is 268 g/mol. The van der Waals surface area contributed by atoms with Crippen molar-refractivity contribution in [3.63, 3.8) is 0 Å². The van der Waals surface area contributed by atoms with Gasteiger partial charge in [-0.2, -0.15) is 4.68 Å². The number of carbonyl (C=O) groups is 2. The molecule has 1 fully saturated rings. The van der Waals surface area contributed by atoms with E-state index in [1.807, 2.05) is 0 Å². The number of nitrogens with one attached hydrogen (secondary N) is 1. The van der Waals surface area contributed by atoms with Gasteiger partial charge in [0.1, 0.15) is 12.6 Å². The molecule has 1 aliphatic rings. The van der Waals surface area contributed by atoms with Crippen molar-refractivity contribution in [2.45, 2.75) is 31.8 Å². The van der Waals surface area contributed by atoms with Gasteiger partial charge < -0.3 is 20.5 Å². The average Bonchev–Trinajstić information content (AvgIpc) is 3.05. The lowest BCUT2D eigenvalue weighted by Crippen LogP contribution is -2.42. The summed E-state index contributed by atoms with van der Waals surface area (Å²) in [7, 11) is 0. The molecular formula is C11H14N4O5. The second kappa shape index (κ2) is 5.68. The Hall–Kier alpha value is -2.45. The minimum Gasteiger partial charge on any atom is -0.480 e. The van der Waals surface area contributed by atoms with Crippen LogP contribution in [0.4, 0.5) is 5.82 Å². The van der Waals surface area contributed by atoms with Gasteiger partial charge in [0.05, 0.1) is 17.4 Å². The number of carboxylic acids is 1. The molecule has 0 aromatic carbocycles. The smallest absolute Gasteiger partial charge is 0.389 e. The average molecular weight is 282 g/mol. The van der Waals surface area contributed by atoms with Crippen LogP contribution < -0.4 is 5.32 Å². The van der Waals surface area contributed by atoms with Gasteiger partial charge in [-0.05, 0) is 17.3 Å². The molecule has 2 rings (SSSR count). The maximum Gasteiger partial charge on any atom is 0.389 e. The zero-order valence-corrected chi connectivity index (χ0v) is 10.6. The summed E-state index contributed by atoms with van der Waals surface area (Å²) in [4.78, 5) is 32.5. The maximum atomic E-state index is 11.7. The molecule has 1 aliphatic carbocycles. The van der Waals surface area contributed by atoms with Crippen LogP contribution in [0.15, 0.2) is 12.3 Å².